The molecule has 0 amide bonds. The number of benzene rings is 1. The van der Waals surface area contributed by atoms with Crippen molar-refractivity contribution in [2.45, 2.75) is 26.9 Å². The number of hydrogen-bond donors (Lipinski definition) is 2. The van der Waals surface area contributed by atoms with Gasteiger partial charge < -0.3 is 20.2 Å². The average Bonchev–Trinajstić information content (AvgIpc) is 2.59. The highest BCUT2D eigenvalue weighted by Crippen LogP contribution is 2.24. The van der Waals surface area contributed by atoms with Crippen LogP contribution >= 0.6 is 0 Å². The van der Waals surface area contributed by atoms with Crippen LogP contribution in [-0.4, -0.2) is 35.0 Å². The lowest BCUT2D eigenvalue weighted by atomic mass is 10.1. The van der Waals surface area contributed by atoms with Gasteiger partial charge in [0.1, 0.15) is 0 Å². The zero-order valence-electron chi connectivity index (χ0n) is 16.6. The number of allylic oxidation sites excluding steroid dienone is 3. The zero-order chi connectivity index (χ0) is 20.0. The molecule has 1 aromatic rings. The minimum absolute atomic E-state index is 0.185. The van der Waals surface area contributed by atoms with Gasteiger partial charge in [-0.2, -0.15) is 0 Å². The number of carboxylic acid groups (broad SMARTS) is 1. The Morgan fingerprint density at radius 3 is 2.52 bits per heavy atom. The average molecular weight is 367 g/mol. The first kappa shape index (κ1) is 20.5. The van der Waals surface area contributed by atoms with Gasteiger partial charge in [-0.15, -0.1) is 0 Å². The van der Waals surface area contributed by atoms with Gasteiger partial charge in [-0.25, -0.2) is 4.79 Å². The van der Waals surface area contributed by atoms with E-state index in [4.69, 9.17) is 0 Å². The second-order valence-corrected chi connectivity index (χ2v) is 7.21. The van der Waals surface area contributed by atoms with Crippen molar-refractivity contribution in [2.75, 3.05) is 14.1 Å². The third-order valence-corrected chi connectivity index (χ3v) is 4.14. The van der Waals surface area contributed by atoms with Gasteiger partial charge in [0.05, 0.1) is 5.70 Å². The Bertz CT molecular complexity index is 789. The minimum Gasteiger partial charge on any atom is -0.476 e. The largest absolute Gasteiger partial charge is 0.476 e. The van der Waals surface area contributed by atoms with Crippen LogP contribution in [0.2, 0.25) is 0 Å². The van der Waals surface area contributed by atoms with E-state index in [2.05, 4.69) is 28.9 Å². The van der Waals surface area contributed by atoms with E-state index in [0.717, 1.165) is 12.1 Å². The van der Waals surface area contributed by atoms with Gasteiger partial charge >= 0.3 is 5.97 Å². The van der Waals surface area contributed by atoms with Crippen molar-refractivity contribution >= 4 is 5.97 Å². The molecule has 0 bridgehead atoms. The van der Waals surface area contributed by atoms with Gasteiger partial charge in [-0.3, -0.25) is 0 Å². The van der Waals surface area contributed by atoms with Gasteiger partial charge in [0.25, 0.3) is 0 Å². The number of nitrogens with zero attached hydrogens (tertiary/aromatic N) is 2. The highest BCUT2D eigenvalue weighted by atomic mass is 16.4. The highest BCUT2D eigenvalue weighted by molar-refractivity contribution is 5.88. The van der Waals surface area contributed by atoms with Crippen molar-refractivity contribution < 1.29 is 9.90 Å². The number of hydrogen-bond acceptors (Lipinski definition) is 4. The van der Waals surface area contributed by atoms with Crippen LogP contribution in [0.1, 0.15) is 25.0 Å². The third-order valence-electron chi connectivity index (χ3n) is 4.14. The number of nitrogens with one attached hydrogen (secondary N) is 1. The molecular formula is C22H29N3O2. The fraction of sp³-hybridized carbons (Fsp3) is 0.318. The van der Waals surface area contributed by atoms with Crippen molar-refractivity contribution in [1.82, 2.24) is 15.1 Å². The van der Waals surface area contributed by atoms with Crippen LogP contribution in [0.4, 0.5) is 0 Å². The topological polar surface area (TPSA) is 55.8 Å². The Morgan fingerprint density at radius 2 is 1.93 bits per heavy atom. The maximum absolute atomic E-state index is 11.9. The molecule has 0 unspecified atom stereocenters. The van der Waals surface area contributed by atoms with Crippen molar-refractivity contribution in [3.8, 4) is 0 Å². The molecule has 0 saturated heterocycles. The fourth-order valence-corrected chi connectivity index (χ4v) is 2.82. The molecule has 27 heavy (non-hydrogen) atoms. The fourth-order valence-electron chi connectivity index (χ4n) is 2.82. The summed E-state index contributed by atoms with van der Waals surface area (Å²) >= 11 is 0. The highest BCUT2D eigenvalue weighted by Gasteiger charge is 2.24. The van der Waals surface area contributed by atoms with Gasteiger partial charge in [0.15, 0.2) is 5.70 Å². The van der Waals surface area contributed by atoms with Crippen LogP contribution in [0.15, 0.2) is 72.4 Å². The smallest absolute Gasteiger partial charge is 0.355 e. The molecule has 0 fully saturated rings. The lowest BCUT2D eigenvalue weighted by Gasteiger charge is -2.28. The molecule has 2 rings (SSSR count). The summed E-state index contributed by atoms with van der Waals surface area (Å²) in [7, 11) is 4.06. The molecule has 1 heterocycles. The predicted molar refractivity (Wildman–Crippen MR) is 109 cm³/mol. The normalized spacial score (nSPS) is 14.7. The first-order valence-electron chi connectivity index (χ1n) is 9.07. The molecule has 0 saturated carbocycles. The first-order valence-corrected chi connectivity index (χ1v) is 9.07. The standard InChI is InChI=1S/C22H29N3O2/c1-16(2)12-13-25-17(3)10-11-20(21(25)22(26)27)23-14-18-8-6-7-9-19(18)15-24(4)5/h6-13,16,23H,3,14-15H2,1-2,4-5H3,(H,26,27)/b13-12-. The monoisotopic (exact) mass is 367 g/mol. The van der Waals surface area contributed by atoms with E-state index in [1.54, 1.807) is 17.2 Å². The Morgan fingerprint density at radius 1 is 1.26 bits per heavy atom. The summed E-state index contributed by atoms with van der Waals surface area (Å²) < 4.78 is 0. The predicted octanol–water partition coefficient (Wildman–Crippen LogP) is 3.69. The molecule has 1 aromatic carbocycles. The van der Waals surface area contributed by atoms with Gasteiger partial charge in [0.2, 0.25) is 0 Å². The zero-order valence-corrected chi connectivity index (χ0v) is 16.6. The van der Waals surface area contributed by atoms with Crippen LogP contribution in [0.3, 0.4) is 0 Å². The van der Waals surface area contributed by atoms with Gasteiger partial charge in [-0.05, 0) is 43.3 Å². The Kier molecular flexibility index (Phi) is 7.02. The molecular weight excluding hydrogens is 338 g/mol. The quantitative estimate of drug-likeness (QED) is 0.734. The van der Waals surface area contributed by atoms with Crippen molar-refractivity contribution in [1.29, 1.82) is 0 Å². The van der Waals surface area contributed by atoms with E-state index in [9.17, 15) is 9.90 Å². The molecule has 5 heteroatoms. The van der Waals surface area contributed by atoms with Crippen molar-refractivity contribution in [3.05, 3.63) is 83.5 Å². The lowest BCUT2D eigenvalue weighted by molar-refractivity contribution is -0.134. The number of rotatable bonds is 8. The van der Waals surface area contributed by atoms with Crippen LogP contribution in [-0.2, 0) is 17.9 Å². The van der Waals surface area contributed by atoms with Crippen LogP contribution in [0, 0.1) is 5.92 Å². The van der Waals surface area contributed by atoms with Gasteiger partial charge in [-0.1, -0.05) is 50.8 Å². The van der Waals surface area contributed by atoms with E-state index in [1.807, 2.05) is 52.2 Å². The molecule has 1 aliphatic heterocycles. The molecule has 0 aromatic heterocycles. The molecule has 2 N–H and O–H groups in total. The molecule has 1 aliphatic rings. The van der Waals surface area contributed by atoms with E-state index >= 15 is 0 Å². The summed E-state index contributed by atoms with van der Waals surface area (Å²) in [6.07, 6.45) is 7.34. The number of carbonyl (C=O) groups is 1. The SMILES string of the molecule is C=C1C=CC(NCc2ccccc2CN(C)C)=C(C(=O)O)N1/C=C\C(C)C. The molecule has 5 nitrogen and oxygen atoms in total. The second-order valence-electron chi connectivity index (χ2n) is 7.21. The van der Waals surface area contributed by atoms with E-state index < -0.39 is 5.97 Å². The van der Waals surface area contributed by atoms with Gasteiger partial charge in [0, 0.05) is 25.0 Å². The maximum atomic E-state index is 11.9. The van der Waals surface area contributed by atoms with Crippen molar-refractivity contribution in [2.24, 2.45) is 5.92 Å². The summed E-state index contributed by atoms with van der Waals surface area (Å²) in [4.78, 5) is 15.7. The molecule has 0 aliphatic carbocycles. The van der Waals surface area contributed by atoms with E-state index in [-0.39, 0.29) is 5.70 Å². The third kappa shape index (κ3) is 5.59. The summed E-state index contributed by atoms with van der Waals surface area (Å²) in [6, 6.07) is 8.18. The molecule has 0 atom stereocenters. The Balaban J connectivity index is 2.29. The minimum atomic E-state index is -0.988. The van der Waals surface area contributed by atoms with E-state index in [1.165, 1.54) is 5.56 Å². The summed E-state index contributed by atoms with van der Waals surface area (Å²) in [5, 5.41) is 13.1. The van der Waals surface area contributed by atoms with Crippen LogP contribution < -0.4 is 5.32 Å². The summed E-state index contributed by atoms with van der Waals surface area (Å²) in [5.41, 5.74) is 3.74. The van der Waals surface area contributed by atoms with E-state index in [0.29, 0.717) is 23.9 Å². The molecule has 0 spiro atoms. The Hall–Kier alpha value is -2.79. The van der Waals surface area contributed by atoms with Crippen LogP contribution in [0.5, 0.6) is 0 Å². The Labute approximate surface area is 162 Å². The first-order chi connectivity index (χ1) is 12.8. The van der Waals surface area contributed by atoms with Crippen LogP contribution in [0.25, 0.3) is 0 Å². The second kappa shape index (κ2) is 9.24. The number of carboxylic acids is 1. The maximum Gasteiger partial charge on any atom is 0.355 e. The lowest BCUT2D eigenvalue weighted by Crippen LogP contribution is -2.30. The summed E-state index contributed by atoms with van der Waals surface area (Å²) in [5.74, 6) is -0.675. The summed E-state index contributed by atoms with van der Waals surface area (Å²) in [6.45, 7) is 9.44. The number of aliphatic carboxylic acids is 1. The molecule has 0 radical (unpaired) electrons. The van der Waals surface area contributed by atoms with Crippen molar-refractivity contribution in [3.63, 3.8) is 0 Å². The molecule has 144 valence electrons.